The Morgan fingerprint density at radius 2 is 1.77 bits per heavy atom. The Hall–Kier alpha value is -1.84. The van der Waals surface area contributed by atoms with E-state index in [4.69, 9.17) is 5.73 Å². The number of primary amides is 1. The molecular formula is C18H28N2O2. The van der Waals surface area contributed by atoms with Crippen molar-refractivity contribution in [2.75, 3.05) is 0 Å². The third kappa shape index (κ3) is 5.51. The van der Waals surface area contributed by atoms with Crippen LogP contribution in [0, 0.1) is 5.92 Å². The second-order valence-corrected chi connectivity index (χ2v) is 6.06. The van der Waals surface area contributed by atoms with Gasteiger partial charge in [0.05, 0.1) is 0 Å². The molecule has 1 aromatic rings. The molecule has 1 atom stereocenters. The van der Waals surface area contributed by atoms with Crippen molar-refractivity contribution < 1.29 is 9.59 Å². The Morgan fingerprint density at radius 1 is 1.14 bits per heavy atom. The zero-order chi connectivity index (χ0) is 16.5. The van der Waals surface area contributed by atoms with Crippen molar-refractivity contribution in [3.8, 4) is 0 Å². The smallest absolute Gasteiger partial charge is 0.240 e. The zero-order valence-corrected chi connectivity index (χ0v) is 13.9. The first-order valence-electron chi connectivity index (χ1n) is 8.10. The van der Waals surface area contributed by atoms with E-state index in [1.165, 1.54) is 0 Å². The van der Waals surface area contributed by atoms with Gasteiger partial charge in [-0.15, -0.1) is 0 Å². The summed E-state index contributed by atoms with van der Waals surface area (Å²) in [4.78, 5) is 26.1. The van der Waals surface area contributed by atoms with Gasteiger partial charge in [0.25, 0.3) is 0 Å². The molecule has 0 aliphatic rings. The van der Waals surface area contributed by atoms with Crippen LogP contribution in [0.1, 0.15) is 52.0 Å². The topological polar surface area (TPSA) is 63.4 Å². The molecule has 4 heteroatoms. The van der Waals surface area contributed by atoms with Gasteiger partial charge in [-0.25, -0.2) is 0 Å². The quantitative estimate of drug-likeness (QED) is 0.712. The maximum atomic E-state index is 12.6. The highest BCUT2D eigenvalue weighted by Gasteiger charge is 2.30. The second kappa shape index (κ2) is 9.23. The van der Waals surface area contributed by atoms with Gasteiger partial charge in [-0.1, -0.05) is 63.9 Å². The highest BCUT2D eigenvalue weighted by Crippen LogP contribution is 2.17. The highest BCUT2D eigenvalue weighted by atomic mass is 16.2. The summed E-state index contributed by atoms with van der Waals surface area (Å²) in [6.07, 6.45) is 3.41. The van der Waals surface area contributed by atoms with E-state index in [0.717, 1.165) is 24.8 Å². The van der Waals surface area contributed by atoms with E-state index in [0.29, 0.717) is 13.0 Å². The van der Waals surface area contributed by atoms with Crippen LogP contribution in [0.4, 0.5) is 0 Å². The average Bonchev–Trinajstić information content (AvgIpc) is 2.47. The molecule has 0 spiro atoms. The van der Waals surface area contributed by atoms with Gasteiger partial charge in [0.15, 0.2) is 0 Å². The summed E-state index contributed by atoms with van der Waals surface area (Å²) in [7, 11) is 0. The Balaban J connectivity index is 2.92. The van der Waals surface area contributed by atoms with Crippen LogP contribution >= 0.6 is 0 Å². The summed E-state index contributed by atoms with van der Waals surface area (Å²) in [6, 6.07) is 9.17. The van der Waals surface area contributed by atoms with Crippen molar-refractivity contribution in [3.05, 3.63) is 35.9 Å². The number of rotatable bonds is 9. The third-order valence-electron chi connectivity index (χ3n) is 3.77. The van der Waals surface area contributed by atoms with Crippen LogP contribution in [0.25, 0.3) is 0 Å². The fraction of sp³-hybridized carbons (Fsp3) is 0.556. The monoisotopic (exact) mass is 304 g/mol. The number of carbonyl (C=O) groups excluding carboxylic acids is 2. The molecule has 0 radical (unpaired) electrons. The average molecular weight is 304 g/mol. The molecule has 1 aromatic carbocycles. The van der Waals surface area contributed by atoms with E-state index in [2.05, 4.69) is 6.92 Å². The molecule has 4 nitrogen and oxygen atoms in total. The highest BCUT2D eigenvalue weighted by molar-refractivity contribution is 5.86. The number of carbonyl (C=O) groups is 2. The van der Waals surface area contributed by atoms with Gasteiger partial charge in [-0.2, -0.15) is 0 Å². The van der Waals surface area contributed by atoms with E-state index in [9.17, 15) is 9.59 Å². The molecule has 0 fully saturated rings. The fourth-order valence-electron chi connectivity index (χ4n) is 2.63. The number of nitrogens with two attached hydrogens (primary N) is 1. The number of amides is 2. The minimum Gasteiger partial charge on any atom is -0.368 e. The van der Waals surface area contributed by atoms with Crippen LogP contribution in [-0.2, 0) is 16.1 Å². The summed E-state index contributed by atoms with van der Waals surface area (Å²) >= 11 is 0. The predicted molar refractivity (Wildman–Crippen MR) is 89.0 cm³/mol. The lowest BCUT2D eigenvalue weighted by Gasteiger charge is -2.32. The van der Waals surface area contributed by atoms with E-state index in [1.54, 1.807) is 4.90 Å². The van der Waals surface area contributed by atoms with Gasteiger partial charge in [-0.3, -0.25) is 9.59 Å². The zero-order valence-electron chi connectivity index (χ0n) is 13.9. The number of hydrogen-bond acceptors (Lipinski definition) is 2. The molecule has 0 aliphatic heterocycles. The van der Waals surface area contributed by atoms with Gasteiger partial charge in [0, 0.05) is 13.0 Å². The molecule has 0 heterocycles. The summed E-state index contributed by atoms with van der Waals surface area (Å²) < 4.78 is 0. The van der Waals surface area contributed by atoms with Gasteiger partial charge < -0.3 is 10.6 Å². The molecule has 1 unspecified atom stereocenters. The van der Waals surface area contributed by atoms with Gasteiger partial charge >= 0.3 is 0 Å². The number of hydrogen-bond donors (Lipinski definition) is 1. The number of unbranched alkanes of at least 4 members (excludes halogenated alkanes) is 2. The van der Waals surface area contributed by atoms with Gasteiger partial charge in [-0.05, 0) is 17.9 Å². The molecule has 0 saturated carbocycles. The first-order chi connectivity index (χ1) is 10.5. The molecular weight excluding hydrogens is 276 g/mol. The third-order valence-corrected chi connectivity index (χ3v) is 3.77. The van der Waals surface area contributed by atoms with Crippen molar-refractivity contribution in [1.29, 1.82) is 0 Å². The molecule has 0 aromatic heterocycles. The summed E-state index contributed by atoms with van der Waals surface area (Å²) in [5.41, 5.74) is 6.56. The molecule has 2 N–H and O–H groups in total. The van der Waals surface area contributed by atoms with Crippen LogP contribution in [0.15, 0.2) is 30.3 Å². The minimum atomic E-state index is -0.561. The second-order valence-electron chi connectivity index (χ2n) is 6.06. The van der Waals surface area contributed by atoms with Crippen LogP contribution in [0.2, 0.25) is 0 Å². The molecule has 1 rings (SSSR count). The van der Waals surface area contributed by atoms with Crippen molar-refractivity contribution in [1.82, 2.24) is 4.90 Å². The Labute approximate surface area is 133 Å². The van der Waals surface area contributed by atoms with Crippen LogP contribution < -0.4 is 5.73 Å². The van der Waals surface area contributed by atoms with Gasteiger partial charge in [0.1, 0.15) is 6.04 Å². The largest absolute Gasteiger partial charge is 0.368 e. The van der Waals surface area contributed by atoms with Crippen LogP contribution in [0.3, 0.4) is 0 Å². The SMILES string of the molecule is CCCCCC(=O)N(Cc1ccccc1)C(C(N)=O)C(C)C. The lowest BCUT2D eigenvalue weighted by atomic mass is 10.00. The minimum absolute atomic E-state index is 0.00339. The molecule has 0 aliphatic carbocycles. The summed E-state index contributed by atoms with van der Waals surface area (Å²) in [6.45, 7) is 6.38. The Morgan fingerprint density at radius 3 is 2.27 bits per heavy atom. The lowest BCUT2D eigenvalue weighted by Crippen LogP contribution is -2.50. The van der Waals surface area contributed by atoms with Crippen molar-refractivity contribution in [2.24, 2.45) is 11.7 Å². The lowest BCUT2D eigenvalue weighted by molar-refractivity contribution is -0.141. The normalized spacial score (nSPS) is 12.2. The Kier molecular flexibility index (Phi) is 7.64. The van der Waals surface area contributed by atoms with Crippen LogP contribution in [0.5, 0.6) is 0 Å². The standard InChI is InChI=1S/C18H28N2O2/c1-4-5-7-12-16(21)20(17(14(2)3)18(19)22)13-15-10-8-6-9-11-15/h6,8-11,14,17H,4-5,7,12-13H2,1-3H3,(H2,19,22). The molecule has 22 heavy (non-hydrogen) atoms. The Bertz CT molecular complexity index is 471. The molecule has 0 bridgehead atoms. The first kappa shape index (κ1) is 18.2. The van der Waals surface area contributed by atoms with Crippen LogP contribution in [-0.4, -0.2) is 22.8 Å². The number of nitrogens with zero attached hydrogens (tertiary/aromatic N) is 1. The maximum Gasteiger partial charge on any atom is 0.240 e. The van der Waals surface area contributed by atoms with Crippen molar-refractivity contribution in [3.63, 3.8) is 0 Å². The molecule has 2 amide bonds. The summed E-state index contributed by atoms with van der Waals surface area (Å²) in [5.74, 6) is -0.430. The maximum absolute atomic E-state index is 12.6. The molecule has 0 saturated heterocycles. The first-order valence-corrected chi connectivity index (χ1v) is 8.10. The predicted octanol–water partition coefficient (Wildman–Crippen LogP) is 3.11. The van der Waals surface area contributed by atoms with Crippen molar-refractivity contribution >= 4 is 11.8 Å². The van der Waals surface area contributed by atoms with E-state index in [1.807, 2.05) is 44.2 Å². The molecule has 122 valence electrons. The van der Waals surface area contributed by atoms with E-state index in [-0.39, 0.29) is 11.8 Å². The van der Waals surface area contributed by atoms with E-state index < -0.39 is 11.9 Å². The van der Waals surface area contributed by atoms with E-state index >= 15 is 0 Å². The fourth-order valence-corrected chi connectivity index (χ4v) is 2.63. The van der Waals surface area contributed by atoms with Gasteiger partial charge in [0.2, 0.25) is 11.8 Å². The van der Waals surface area contributed by atoms with Crippen molar-refractivity contribution in [2.45, 2.75) is 59.0 Å². The summed E-state index contributed by atoms with van der Waals surface area (Å²) in [5, 5.41) is 0. The number of benzene rings is 1.